The second-order valence-electron chi connectivity index (χ2n) is 9.52. The second-order valence-corrected chi connectivity index (χ2v) is 14.2. The summed E-state index contributed by atoms with van der Waals surface area (Å²) in [6, 6.07) is 18.9. The molecule has 0 saturated carbocycles. The van der Waals surface area contributed by atoms with Crippen LogP contribution in [0.3, 0.4) is 0 Å². The first-order chi connectivity index (χ1) is 15.4. The minimum absolute atomic E-state index is 0.0864. The molecule has 2 aliphatic heterocycles. The summed E-state index contributed by atoms with van der Waals surface area (Å²) in [5, 5.41) is 5.14. The molecule has 1 atom stereocenters. The lowest BCUT2D eigenvalue weighted by atomic mass is 9.82. The van der Waals surface area contributed by atoms with Crippen molar-refractivity contribution in [1.82, 2.24) is 10.3 Å². The monoisotopic (exact) mass is 528 g/mol. The van der Waals surface area contributed by atoms with Crippen molar-refractivity contribution < 1.29 is 0 Å². The van der Waals surface area contributed by atoms with Crippen molar-refractivity contribution in [2.45, 2.75) is 39.5 Å². The molecule has 0 radical (unpaired) electrons. The van der Waals surface area contributed by atoms with Gasteiger partial charge in [0.1, 0.15) is 0 Å². The average molecular weight is 529 g/mol. The van der Waals surface area contributed by atoms with Gasteiger partial charge < -0.3 is 9.99 Å². The van der Waals surface area contributed by atoms with E-state index in [1.54, 1.807) is 0 Å². The zero-order valence-electron chi connectivity index (χ0n) is 18.6. The van der Waals surface area contributed by atoms with Crippen molar-refractivity contribution in [2.75, 3.05) is 23.0 Å². The maximum Gasteiger partial charge on any atom is 0.173 e. The molecule has 3 aliphatic rings. The fraction of sp³-hybridized carbons (Fsp3) is 0.360. The quantitative estimate of drug-likeness (QED) is 0.409. The topological polar surface area (TPSA) is 30.5 Å². The fourth-order valence-electron chi connectivity index (χ4n) is 4.92. The van der Waals surface area contributed by atoms with Crippen LogP contribution in [0.15, 0.2) is 81.9 Å². The highest BCUT2D eigenvalue weighted by Gasteiger charge is 2.46. The molecule has 7 heteroatoms. The van der Waals surface area contributed by atoms with E-state index in [4.69, 9.17) is 11.8 Å². The van der Waals surface area contributed by atoms with Gasteiger partial charge in [-0.15, -0.1) is 0 Å². The van der Waals surface area contributed by atoms with E-state index >= 15 is 0 Å². The van der Waals surface area contributed by atoms with Gasteiger partial charge >= 0.3 is 0 Å². The maximum absolute atomic E-state index is 6.63. The molecule has 1 aliphatic carbocycles. The van der Waals surface area contributed by atoms with Gasteiger partial charge in [-0.3, -0.25) is 5.43 Å². The first-order valence-electron chi connectivity index (χ1n) is 11.3. The number of hydrazine groups is 1. The molecular weight excluding hydrogens is 499 g/mol. The minimum atomic E-state index is -2.39. The van der Waals surface area contributed by atoms with Crippen molar-refractivity contribution in [3.8, 4) is 0 Å². The molecule has 2 heterocycles. The van der Waals surface area contributed by atoms with Gasteiger partial charge in [-0.2, -0.15) is 0 Å². The van der Waals surface area contributed by atoms with Crippen molar-refractivity contribution in [3.63, 3.8) is 0 Å². The largest absolute Gasteiger partial charge is 0.374 e. The molecule has 4 nitrogen and oxygen atoms in total. The van der Waals surface area contributed by atoms with E-state index in [0.29, 0.717) is 0 Å². The van der Waals surface area contributed by atoms with Gasteiger partial charge in [-0.25, -0.2) is 4.78 Å². The zero-order chi connectivity index (χ0) is 22.3. The number of nitrogens with one attached hydrogen (secondary N) is 2. The van der Waals surface area contributed by atoms with Crippen molar-refractivity contribution >= 4 is 45.5 Å². The lowest BCUT2D eigenvalue weighted by Gasteiger charge is -2.39. The van der Waals surface area contributed by atoms with E-state index in [-0.39, 0.29) is 5.41 Å². The van der Waals surface area contributed by atoms with Crippen LogP contribution in [0.1, 0.15) is 39.5 Å². The average Bonchev–Trinajstić information content (AvgIpc) is 3.07. The highest BCUT2D eigenvalue weighted by atomic mass is 79.9. The fourth-order valence-corrected chi connectivity index (χ4v) is 9.14. The van der Waals surface area contributed by atoms with Gasteiger partial charge in [-0.1, -0.05) is 54.1 Å². The molecule has 0 bridgehead atoms. The van der Waals surface area contributed by atoms with E-state index < -0.39 is 6.34 Å². The van der Waals surface area contributed by atoms with E-state index in [9.17, 15) is 0 Å². The van der Waals surface area contributed by atoms with Crippen LogP contribution in [-0.2, 0) is 11.8 Å². The van der Waals surface area contributed by atoms with Crippen LogP contribution in [-0.4, -0.2) is 18.0 Å². The first-order valence-corrected chi connectivity index (χ1v) is 14.9. The van der Waals surface area contributed by atoms with Crippen LogP contribution in [0.5, 0.6) is 0 Å². The minimum Gasteiger partial charge on any atom is -0.374 e. The van der Waals surface area contributed by atoms with Gasteiger partial charge in [0.05, 0.1) is 16.7 Å². The third-order valence-corrected chi connectivity index (χ3v) is 10.8. The normalized spacial score (nSPS) is 24.7. The molecule has 2 aromatic rings. The Kier molecular flexibility index (Phi) is 5.90. The number of anilines is 2. The summed E-state index contributed by atoms with van der Waals surface area (Å²) in [7, 11) is 0. The lowest BCUT2D eigenvalue weighted by Crippen LogP contribution is -2.34. The third kappa shape index (κ3) is 4.13. The van der Waals surface area contributed by atoms with Crippen LogP contribution in [0.25, 0.3) is 0 Å². The number of fused-ring (bicyclic) bond motifs is 1. The summed E-state index contributed by atoms with van der Waals surface area (Å²) < 4.78 is 3.30. The highest BCUT2D eigenvalue weighted by molar-refractivity contribution is 9.10. The zero-order valence-corrected chi connectivity index (χ0v) is 21.9. The lowest BCUT2D eigenvalue weighted by molar-refractivity contribution is 0.254. The Morgan fingerprint density at radius 1 is 1.00 bits per heavy atom. The van der Waals surface area contributed by atoms with Crippen LogP contribution in [0.2, 0.25) is 0 Å². The highest BCUT2D eigenvalue weighted by Crippen LogP contribution is 2.67. The number of halogens is 1. The smallest absolute Gasteiger partial charge is 0.173 e. The number of likely N-dealkylation sites (tertiary alicyclic amines) is 1. The number of para-hydroxylation sites is 1. The van der Waals surface area contributed by atoms with Gasteiger partial charge in [0.2, 0.25) is 0 Å². The number of piperidine rings is 1. The molecule has 2 aromatic carbocycles. The molecule has 168 valence electrons. The molecule has 0 aromatic heterocycles. The summed E-state index contributed by atoms with van der Waals surface area (Å²) in [5.74, 6) is 0. The number of rotatable bonds is 4. The van der Waals surface area contributed by atoms with Crippen molar-refractivity contribution in [2.24, 2.45) is 5.41 Å². The summed E-state index contributed by atoms with van der Waals surface area (Å²) in [4.78, 5) is 2.62. The predicted molar refractivity (Wildman–Crippen MR) is 143 cm³/mol. The Hall–Kier alpha value is -1.75. The molecule has 32 heavy (non-hydrogen) atoms. The summed E-state index contributed by atoms with van der Waals surface area (Å²) in [6.45, 7) is 6.92. The van der Waals surface area contributed by atoms with Crippen LogP contribution < -0.4 is 15.3 Å². The number of allylic oxidation sites excluding steroid dienone is 3. The Labute approximate surface area is 205 Å². The molecule has 0 unspecified atom stereocenters. The van der Waals surface area contributed by atoms with E-state index in [1.807, 2.05) is 0 Å². The predicted octanol–water partition coefficient (Wildman–Crippen LogP) is 7.21. The third-order valence-electron chi connectivity index (χ3n) is 6.36. The van der Waals surface area contributed by atoms with Gasteiger partial charge in [0.15, 0.2) is 6.34 Å². The summed E-state index contributed by atoms with van der Waals surface area (Å²) in [5.41, 5.74) is 8.59. The number of nitrogens with zero attached hydrogens (tertiary/aromatic N) is 2. The van der Waals surface area contributed by atoms with E-state index in [1.165, 1.54) is 36.0 Å². The van der Waals surface area contributed by atoms with Gasteiger partial charge in [0, 0.05) is 28.9 Å². The SMILES string of the molecule is CC1(C)C=C2NN(c3ccccc3)[P@](=S)(Nc3ccc(Br)cc3)C2=C(N2CCCCC2)C1. The molecule has 2 fully saturated rings. The number of hydrogen-bond donors (Lipinski definition) is 2. The van der Waals surface area contributed by atoms with Crippen molar-refractivity contribution in [3.05, 3.63) is 81.9 Å². The van der Waals surface area contributed by atoms with E-state index in [2.05, 4.69) is 111 Å². The van der Waals surface area contributed by atoms with E-state index in [0.717, 1.165) is 35.4 Å². The molecule has 0 spiro atoms. The summed E-state index contributed by atoms with van der Waals surface area (Å²) >= 11 is 10.2. The van der Waals surface area contributed by atoms with Gasteiger partial charge in [-0.05, 0) is 79.3 Å². The number of benzene rings is 2. The Balaban J connectivity index is 1.67. The second kappa shape index (κ2) is 8.55. The molecule has 2 saturated heterocycles. The number of hydrogen-bond acceptors (Lipinski definition) is 3. The molecule has 2 N–H and O–H groups in total. The molecular formula is C25H30BrN4PS. The summed E-state index contributed by atoms with van der Waals surface area (Å²) in [6.07, 6.45) is 4.87. The maximum atomic E-state index is 6.63. The van der Waals surface area contributed by atoms with Crippen LogP contribution in [0, 0.1) is 5.41 Å². The molecule has 0 amide bonds. The molecule has 5 rings (SSSR count). The van der Waals surface area contributed by atoms with Gasteiger partial charge in [0.25, 0.3) is 0 Å². The standard InChI is InChI=1S/C25H30BrN4PS/c1-25(2)17-22-24(23(18-25)29-15-7-4-8-16-29)31(32,28-20-13-11-19(26)12-14-20)30(27-22)21-9-5-3-6-10-21/h3,5-6,9-14,17,27H,4,7-8,15-16,18H2,1-2H3,(H,28,32)/t31-/m1/s1. The van der Waals surface area contributed by atoms with Crippen LogP contribution >= 0.6 is 22.3 Å². The first kappa shape index (κ1) is 22.1. The Morgan fingerprint density at radius 3 is 2.38 bits per heavy atom. The Morgan fingerprint density at radius 2 is 1.69 bits per heavy atom. The Bertz CT molecular complexity index is 1100. The van der Waals surface area contributed by atoms with Crippen LogP contribution in [0.4, 0.5) is 11.4 Å². The van der Waals surface area contributed by atoms with Crippen molar-refractivity contribution in [1.29, 1.82) is 0 Å².